The maximum atomic E-state index is 11.8. The Bertz CT molecular complexity index is 274. The van der Waals surface area contributed by atoms with Crippen molar-refractivity contribution >= 4 is 5.97 Å². The monoisotopic (exact) mass is 266 g/mol. The van der Waals surface area contributed by atoms with Gasteiger partial charge in [-0.25, -0.2) is 0 Å². The third-order valence-electron chi connectivity index (χ3n) is 4.94. The molecule has 0 amide bonds. The molecule has 2 fully saturated rings. The summed E-state index contributed by atoms with van der Waals surface area (Å²) in [7, 11) is 0. The van der Waals surface area contributed by atoms with Crippen molar-refractivity contribution in [2.75, 3.05) is 0 Å². The van der Waals surface area contributed by atoms with Gasteiger partial charge in [-0.15, -0.1) is 0 Å². The Labute approximate surface area is 118 Å². The molecule has 0 N–H and O–H groups in total. The fraction of sp³-hybridized carbons (Fsp3) is 0.941. The summed E-state index contributed by atoms with van der Waals surface area (Å²) in [6.07, 6.45) is 14.9. The van der Waals surface area contributed by atoms with Gasteiger partial charge < -0.3 is 4.74 Å². The van der Waals surface area contributed by atoms with Crippen LogP contribution in [0.1, 0.15) is 84.0 Å². The van der Waals surface area contributed by atoms with Gasteiger partial charge in [0.2, 0.25) is 0 Å². The van der Waals surface area contributed by atoms with Crippen LogP contribution in [0.4, 0.5) is 0 Å². The minimum atomic E-state index is 0.0612. The van der Waals surface area contributed by atoms with Crippen molar-refractivity contribution in [3.8, 4) is 0 Å². The first-order chi connectivity index (χ1) is 9.29. The van der Waals surface area contributed by atoms with Crippen molar-refractivity contribution in [2.24, 2.45) is 11.8 Å². The minimum absolute atomic E-state index is 0.0612. The van der Waals surface area contributed by atoms with Gasteiger partial charge >= 0.3 is 5.97 Å². The van der Waals surface area contributed by atoms with Crippen LogP contribution in [-0.4, -0.2) is 12.1 Å². The summed E-state index contributed by atoms with van der Waals surface area (Å²) in [6, 6.07) is 0. The average Bonchev–Trinajstić information content (AvgIpc) is 3.00. The summed E-state index contributed by atoms with van der Waals surface area (Å²) >= 11 is 0. The van der Waals surface area contributed by atoms with Crippen LogP contribution in [0.2, 0.25) is 0 Å². The Morgan fingerprint density at radius 2 is 1.74 bits per heavy atom. The van der Waals surface area contributed by atoms with Crippen molar-refractivity contribution in [2.45, 2.75) is 90.1 Å². The van der Waals surface area contributed by atoms with Gasteiger partial charge in [-0.3, -0.25) is 4.79 Å². The Morgan fingerprint density at radius 3 is 2.37 bits per heavy atom. The lowest BCUT2D eigenvalue weighted by Gasteiger charge is -2.21. The lowest BCUT2D eigenvalue weighted by atomic mass is 9.98. The molecule has 3 atom stereocenters. The van der Waals surface area contributed by atoms with Crippen LogP contribution in [0.15, 0.2) is 0 Å². The van der Waals surface area contributed by atoms with Crippen molar-refractivity contribution < 1.29 is 9.53 Å². The van der Waals surface area contributed by atoms with Crippen molar-refractivity contribution in [1.82, 2.24) is 0 Å². The first-order valence-electron chi connectivity index (χ1n) is 8.49. The maximum absolute atomic E-state index is 11.8. The fourth-order valence-electron chi connectivity index (χ4n) is 3.78. The zero-order chi connectivity index (χ0) is 13.5. The lowest BCUT2D eigenvalue weighted by molar-refractivity contribution is -0.151. The number of carbonyl (C=O) groups is 1. The molecule has 2 nitrogen and oxygen atoms in total. The van der Waals surface area contributed by atoms with E-state index in [1.54, 1.807) is 0 Å². The standard InChI is InChI=1S/C17H30O2/c1-2-3-4-5-6-7-8-9-17(18)19-16-13-14-10-11-15(16)12-14/h14-16H,2-13H2,1H3. The van der Waals surface area contributed by atoms with Gasteiger partial charge in [-0.05, 0) is 43.9 Å². The zero-order valence-electron chi connectivity index (χ0n) is 12.5. The van der Waals surface area contributed by atoms with E-state index in [0.29, 0.717) is 12.3 Å². The van der Waals surface area contributed by atoms with Gasteiger partial charge in [0.1, 0.15) is 6.10 Å². The third-order valence-corrected chi connectivity index (χ3v) is 4.94. The van der Waals surface area contributed by atoms with E-state index in [0.717, 1.165) is 18.8 Å². The summed E-state index contributed by atoms with van der Waals surface area (Å²) in [6.45, 7) is 2.24. The van der Waals surface area contributed by atoms with Crippen LogP contribution >= 0.6 is 0 Å². The van der Waals surface area contributed by atoms with Crippen LogP contribution in [0.5, 0.6) is 0 Å². The number of unbranched alkanes of at least 4 members (excludes halogenated alkanes) is 6. The Morgan fingerprint density at radius 1 is 1.00 bits per heavy atom. The summed E-state index contributed by atoms with van der Waals surface area (Å²) in [5, 5.41) is 0. The first kappa shape index (κ1) is 14.9. The molecule has 2 heteroatoms. The largest absolute Gasteiger partial charge is 0.462 e. The number of hydrogen-bond donors (Lipinski definition) is 0. The highest BCUT2D eigenvalue weighted by Gasteiger charge is 2.41. The van der Waals surface area contributed by atoms with Gasteiger partial charge in [0.05, 0.1) is 0 Å². The molecule has 2 aliphatic carbocycles. The molecule has 0 aliphatic heterocycles. The molecule has 0 aromatic rings. The van der Waals surface area contributed by atoms with Crippen LogP contribution in [0.3, 0.4) is 0 Å². The molecule has 110 valence electrons. The van der Waals surface area contributed by atoms with E-state index in [1.165, 1.54) is 57.8 Å². The van der Waals surface area contributed by atoms with Gasteiger partial charge in [-0.2, -0.15) is 0 Å². The molecule has 0 aromatic carbocycles. The molecule has 0 aromatic heterocycles. The smallest absolute Gasteiger partial charge is 0.306 e. The first-order valence-corrected chi connectivity index (χ1v) is 8.49. The highest BCUT2D eigenvalue weighted by atomic mass is 16.5. The second kappa shape index (κ2) is 7.91. The van der Waals surface area contributed by atoms with Crippen molar-refractivity contribution in [3.63, 3.8) is 0 Å². The molecule has 2 bridgehead atoms. The van der Waals surface area contributed by atoms with Crippen LogP contribution in [-0.2, 0) is 9.53 Å². The van der Waals surface area contributed by atoms with E-state index >= 15 is 0 Å². The molecule has 0 heterocycles. The predicted octanol–water partition coefficient (Wildman–Crippen LogP) is 4.86. The zero-order valence-corrected chi connectivity index (χ0v) is 12.5. The summed E-state index contributed by atoms with van der Waals surface area (Å²) in [5.74, 6) is 1.62. The highest BCUT2D eigenvalue weighted by Crippen LogP contribution is 2.45. The van der Waals surface area contributed by atoms with Gasteiger partial charge in [0, 0.05) is 6.42 Å². The number of esters is 1. The van der Waals surface area contributed by atoms with Crippen molar-refractivity contribution in [3.05, 3.63) is 0 Å². The Kier molecular flexibility index (Phi) is 6.19. The number of fused-ring (bicyclic) bond motifs is 2. The summed E-state index contributed by atoms with van der Waals surface area (Å²) in [4.78, 5) is 11.8. The molecule has 3 unspecified atom stereocenters. The lowest BCUT2D eigenvalue weighted by Crippen LogP contribution is -2.23. The molecular weight excluding hydrogens is 236 g/mol. The van der Waals surface area contributed by atoms with Crippen LogP contribution in [0, 0.1) is 11.8 Å². The predicted molar refractivity (Wildman–Crippen MR) is 77.9 cm³/mol. The summed E-state index contributed by atoms with van der Waals surface area (Å²) < 4.78 is 5.65. The average molecular weight is 266 g/mol. The fourth-order valence-corrected chi connectivity index (χ4v) is 3.78. The van der Waals surface area contributed by atoms with Gasteiger partial charge in [-0.1, -0.05) is 45.4 Å². The molecule has 2 aliphatic rings. The number of ether oxygens (including phenoxy) is 1. The molecule has 0 radical (unpaired) electrons. The SMILES string of the molecule is CCCCCCCCCC(=O)OC1CC2CCC1C2. The maximum Gasteiger partial charge on any atom is 0.306 e. The molecule has 2 saturated carbocycles. The molecular formula is C17H30O2. The van der Waals surface area contributed by atoms with E-state index < -0.39 is 0 Å². The molecule has 19 heavy (non-hydrogen) atoms. The van der Waals surface area contributed by atoms with E-state index in [9.17, 15) is 4.79 Å². The Balaban J connectivity index is 1.46. The van der Waals surface area contributed by atoms with E-state index in [-0.39, 0.29) is 12.1 Å². The topological polar surface area (TPSA) is 26.3 Å². The Hall–Kier alpha value is -0.530. The third kappa shape index (κ3) is 4.81. The number of rotatable bonds is 9. The molecule has 0 saturated heterocycles. The van der Waals surface area contributed by atoms with Crippen LogP contribution in [0.25, 0.3) is 0 Å². The summed E-state index contributed by atoms with van der Waals surface area (Å²) in [5.41, 5.74) is 0. The quantitative estimate of drug-likeness (QED) is 0.440. The van der Waals surface area contributed by atoms with Gasteiger partial charge in [0.25, 0.3) is 0 Å². The van der Waals surface area contributed by atoms with E-state index in [2.05, 4.69) is 6.92 Å². The van der Waals surface area contributed by atoms with Crippen molar-refractivity contribution in [1.29, 1.82) is 0 Å². The van der Waals surface area contributed by atoms with E-state index in [1.807, 2.05) is 0 Å². The number of hydrogen-bond acceptors (Lipinski definition) is 2. The minimum Gasteiger partial charge on any atom is -0.462 e. The second-order valence-corrected chi connectivity index (χ2v) is 6.57. The number of carbonyl (C=O) groups excluding carboxylic acids is 1. The van der Waals surface area contributed by atoms with Crippen LogP contribution < -0.4 is 0 Å². The highest BCUT2D eigenvalue weighted by molar-refractivity contribution is 5.69. The second-order valence-electron chi connectivity index (χ2n) is 6.57. The van der Waals surface area contributed by atoms with E-state index in [4.69, 9.17) is 4.74 Å². The van der Waals surface area contributed by atoms with Gasteiger partial charge in [0.15, 0.2) is 0 Å². The molecule has 2 rings (SSSR count). The molecule has 0 spiro atoms. The normalized spacial score (nSPS) is 28.8.